The van der Waals surface area contributed by atoms with Gasteiger partial charge in [0, 0.05) is 22.7 Å². The van der Waals surface area contributed by atoms with E-state index in [4.69, 9.17) is 0 Å². The molecule has 100 valence electrons. The molecule has 0 bridgehead atoms. The zero-order valence-electron chi connectivity index (χ0n) is 11.9. The van der Waals surface area contributed by atoms with E-state index in [-0.39, 0.29) is 0 Å². The van der Waals surface area contributed by atoms with Crippen molar-refractivity contribution in [3.63, 3.8) is 0 Å². The van der Waals surface area contributed by atoms with Crippen LogP contribution in [0.4, 0.5) is 5.69 Å². The molecule has 0 radical (unpaired) electrons. The Hall–Kier alpha value is -0.630. The first-order valence-electron chi connectivity index (χ1n) is 7.05. The smallest absolute Gasteiger partial charge is 0.0375 e. The van der Waals surface area contributed by atoms with Crippen molar-refractivity contribution in [3.05, 3.63) is 29.3 Å². The highest BCUT2D eigenvalue weighted by Crippen LogP contribution is 2.28. The molecule has 1 aliphatic carbocycles. The summed E-state index contributed by atoms with van der Waals surface area (Å²) in [6, 6.07) is 6.73. The number of anilines is 1. The summed E-state index contributed by atoms with van der Waals surface area (Å²) in [5, 5.41) is 3.62. The van der Waals surface area contributed by atoms with Gasteiger partial charge < -0.3 is 5.32 Å². The molecule has 0 aliphatic heterocycles. The summed E-state index contributed by atoms with van der Waals surface area (Å²) in [6.45, 7) is 7.91. The molecule has 0 spiro atoms. The molecule has 2 heteroatoms. The number of nitrogens with one attached hydrogen (secondary N) is 1. The van der Waals surface area contributed by atoms with Crippen LogP contribution in [-0.2, 0) is 12.8 Å². The second-order valence-corrected chi connectivity index (χ2v) is 7.96. The van der Waals surface area contributed by atoms with Crippen LogP contribution < -0.4 is 5.32 Å². The molecule has 1 N–H and O–H groups in total. The minimum Gasteiger partial charge on any atom is -0.384 e. The van der Waals surface area contributed by atoms with Crippen LogP contribution in [0.1, 0.15) is 44.7 Å². The zero-order chi connectivity index (χ0) is 13.0. The molecule has 0 saturated heterocycles. The maximum Gasteiger partial charge on any atom is 0.0375 e. The predicted octanol–water partition coefficient (Wildman–Crippen LogP) is 4.51. The maximum atomic E-state index is 3.62. The molecule has 0 atom stereocenters. The lowest BCUT2D eigenvalue weighted by atomic mass is 9.90. The fourth-order valence-corrected chi connectivity index (χ4v) is 3.31. The normalized spacial score (nSPS) is 15.3. The fraction of sp³-hybridized carbons (Fsp3) is 0.625. The van der Waals surface area contributed by atoms with E-state index in [0.717, 1.165) is 6.54 Å². The monoisotopic (exact) mass is 263 g/mol. The Kier molecular flexibility index (Phi) is 4.60. The van der Waals surface area contributed by atoms with Crippen LogP contribution in [0.5, 0.6) is 0 Å². The van der Waals surface area contributed by atoms with Crippen LogP contribution in [0.25, 0.3) is 0 Å². The lowest BCUT2D eigenvalue weighted by Crippen LogP contribution is -2.14. The van der Waals surface area contributed by atoms with Gasteiger partial charge in [-0.1, -0.05) is 32.9 Å². The van der Waals surface area contributed by atoms with Crippen LogP contribution >= 0.6 is 11.8 Å². The van der Waals surface area contributed by atoms with Gasteiger partial charge in [0.1, 0.15) is 0 Å². The van der Waals surface area contributed by atoms with Gasteiger partial charge in [0.15, 0.2) is 0 Å². The zero-order valence-corrected chi connectivity index (χ0v) is 12.7. The molecule has 1 aromatic carbocycles. The largest absolute Gasteiger partial charge is 0.384 e. The van der Waals surface area contributed by atoms with E-state index in [0.29, 0.717) is 4.75 Å². The SMILES string of the molecule is CC(C)(C)SCCNc1cccc2c1CCCC2. The summed E-state index contributed by atoms with van der Waals surface area (Å²) in [5.74, 6) is 1.17. The number of hydrogen-bond acceptors (Lipinski definition) is 2. The van der Waals surface area contributed by atoms with Crippen LogP contribution in [0.15, 0.2) is 18.2 Å². The number of benzene rings is 1. The summed E-state index contributed by atoms with van der Waals surface area (Å²) < 4.78 is 0.373. The molecule has 1 aliphatic rings. The maximum absolute atomic E-state index is 3.62. The van der Waals surface area contributed by atoms with Gasteiger partial charge in [0.05, 0.1) is 0 Å². The van der Waals surface area contributed by atoms with Gasteiger partial charge in [-0.3, -0.25) is 0 Å². The second-order valence-electron chi connectivity index (χ2n) is 6.04. The number of aryl methyl sites for hydroxylation is 1. The van der Waals surface area contributed by atoms with Gasteiger partial charge in [-0.05, 0) is 42.9 Å². The first-order chi connectivity index (χ1) is 8.56. The molecule has 0 saturated carbocycles. The minimum atomic E-state index is 0.373. The Bertz CT molecular complexity index is 393. The van der Waals surface area contributed by atoms with Gasteiger partial charge in [0.2, 0.25) is 0 Å². The van der Waals surface area contributed by atoms with Crippen molar-refractivity contribution in [1.29, 1.82) is 0 Å². The average Bonchev–Trinajstić information content (AvgIpc) is 2.33. The first-order valence-corrected chi connectivity index (χ1v) is 8.03. The quantitative estimate of drug-likeness (QED) is 0.802. The standard InChI is InChI=1S/C16H25NS/c1-16(2,3)18-12-11-17-15-10-6-8-13-7-4-5-9-14(13)15/h6,8,10,17H,4-5,7,9,11-12H2,1-3H3. The third-order valence-corrected chi connectivity index (χ3v) is 4.62. The summed E-state index contributed by atoms with van der Waals surface area (Å²) in [4.78, 5) is 0. The van der Waals surface area contributed by atoms with E-state index >= 15 is 0 Å². The van der Waals surface area contributed by atoms with E-state index in [2.05, 4.69) is 44.3 Å². The van der Waals surface area contributed by atoms with Gasteiger partial charge >= 0.3 is 0 Å². The average molecular weight is 263 g/mol. The number of fused-ring (bicyclic) bond motifs is 1. The van der Waals surface area contributed by atoms with Gasteiger partial charge in [0.25, 0.3) is 0 Å². The van der Waals surface area contributed by atoms with Gasteiger partial charge in [-0.15, -0.1) is 0 Å². The number of thioether (sulfide) groups is 1. The van der Waals surface area contributed by atoms with Crippen LogP contribution in [0.2, 0.25) is 0 Å². The molecular formula is C16H25NS. The van der Waals surface area contributed by atoms with E-state index in [1.54, 1.807) is 11.1 Å². The summed E-state index contributed by atoms with van der Waals surface area (Å²) in [7, 11) is 0. The topological polar surface area (TPSA) is 12.0 Å². The van der Waals surface area contributed by atoms with Crippen LogP contribution in [0.3, 0.4) is 0 Å². The lowest BCUT2D eigenvalue weighted by molar-refractivity contribution is 0.686. The van der Waals surface area contributed by atoms with Gasteiger partial charge in [-0.2, -0.15) is 11.8 Å². The van der Waals surface area contributed by atoms with Crippen molar-refractivity contribution >= 4 is 17.4 Å². The fourth-order valence-electron chi connectivity index (χ4n) is 2.49. The molecule has 1 nitrogen and oxygen atoms in total. The van der Waals surface area contributed by atoms with E-state index in [1.807, 2.05) is 11.8 Å². The molecule has 1 aromatic rings. The Morgan fingerprint density at radius 3 is 2.72 bits per heavy atom. The second kappa shape index (κ2) is 6.01. The molecule has 0 amide bonds. The number of rotatable bonds is 4. The highest BCUT2D eigenvalue weighted by atomic mass is 32.2. The van der Waals surface area contributed by atoms with E-state index in [1.165, 1.54) is 37.1 Å². The van der Waals surface area contributed by atoms with Crippen LogP contribution in [0, 0.1) is 0 Å². The van der Waals surface area contributed by atoms with Crippen molar-refractivity contribution in [3.8, 4) is 0 Å². The minimum absolute atomic E-state index is 0.373. The van der Waals surface area contributed by atoms with E-state index in [9.17, 15) is 0 Å². The Morgan fingerprint density at radius 2 is 1.94 bits per heavy atom. The number of hydrogen-bond donors (Lipinski definition) is 1. The molecule has 18 heavy (non-hydrogen) atoms. The third-order valence-electron chi connectivity index (χ3n) is 3.35. The Balaban J connectivity index is 1.90. The van der Waals surface area contributed by atoms with Crippen molar-refractivity contribution < 1.29 is 0 Å². The molecule has 0 fully saturated rings. The summed E-state index contributed by atoms with van der Waals surface area (Å²) in [6.07, 6.45) is 5.23. The highest BCUT2D eigenvalue weighted by molar-refractivity contribution is 8.00. The van der Waals surface area contributed by atoms with Crippen LogP contribution in [-0.4, -0.2) is 17.0 Å². The van der Waals surface area contributed by atoms with Crippen molar-refractivity contribution in [2.24, 2.45) is 0 Å². The Morgan fingerprint density at radius 1 is 1.17 bits per heavy atom. The summed E-state index contributed by atoms with van der Waals surface area (Å²) >= 11 is 2.03. The van der Waals surface area contributed by atoms with E-state index < -0.39 is 0 Å². The first kappa shape index (κ1) is 13.8. The predicted molar refractivity (Wildman–Crippen MR) is 83.8 cm³/mol. The highest BCUT2D eigenvalue weighted by Gasteiger charge is 2.13. The Labute approximate surface area is 116 Å². The molecule has 0 unspecified atom stereocenters. The van der Waals surface area contributed by atoms with Crippen molar-refractivity contribution in [2.75, 3.05) is 17.6 Å². The lowest BCUT2D eigenvalue weighted by Gasteiger charge is -2.21. The van der Waals surface area contributed by atoms with Crippen molar-refractivity contribution in [1.82, 2.24) is 0 Å². The van der Waals surface area contributed by atoms with Crippen molar-refractivity contribution in [2.45, 2.75) is 51.2 Å². The molecule has 0 heterocycles. The van der Waals surface area contributed by atoms with Gasteiger partial charge in [-0.25, -0.2) is 0 Å². The molecule has 2 rings (SSSR count). The third kappa shape index (κ3) is 3.94. The molecule has 0 aromatic heterocycles. The summed E-state index contributed by atoms with van der Waals surface area (Å²) in [5.41, 5.74) is 4.51. The molecular weight excluding hydrogens is 238 g/mol.